The van der Waals surface area contributed by atoms with E-state index in [1.165, 1.54) is 24.7 Å². The number of hydrogen-bond acceptors (Lipinski definition) is 5. The fraction of sp³-hybridized carbons (Fsp3) is 0.632. The molecule has 0 spiro atoms. The fourth-order valence-corrected chi connectivity index (χ4v) is 4.05. The van der Waals surface area contributed by atoms with Crippen LogP contribution in [0.2, 0.25) is 0 Å². The molecule has 0 aliphatic heterocycles. The summed E-state index contributed by atoms with van der Waals surface area (Å²) in [7, 11) is 0. The number of hydrogen-bond donors (Lipinski definition) is 2. The number of rotatable bonds is 6. The summed E-state index contributed by atoms with van der Waals surface area (Å²) in [5.74, 6) is -1.15. The van der Waals surface area contributed by atoms with E-state index < -0.39 is 24.0 Å². The Kier molecular flexibility index (Phi) is 7.63. The molecule has 1 fully saturated rings. The molecule has 1 atom stereocenters. The molecule has 3 amide bonds. The topological polar surface area (TPSA) is 84.5 Å². The van der Waals surface area contributed by atoms with Crippen molar-refractivity contribution < 1.29 is 19.1 Å². The second-order valence-corrected chi connectivity index (χ2v) is 8.04. The molecule has 2 N–H and O–H groups in total. The van der Waals surface area contributed by atoms with E-state index in [-0.39, 0.29) is 6.04 Å². The van der Waals surface area contributed by atoms with Crippen LogP contribution in [0.1, 0.15) is 72.5 Å². The van der Waals surface area contributed by atoms with Crippen molar-refractivity contribution in [3.05, 3.63) is 21.4 Å². The average molecular weight is 381 g/mol. The minimum atomic E-state index is -1.03. The van der Waals surface area contributed by atoms with Crippen LogP contribution in [0.25, 0.3) is 0 Å². The molecule has 1 saturated carbocycles. The van der Waals surface area contributed by atoms with Crippen LogP contribution in [0.5, 0.6) is 0 Å². The molecule has 6 nitrogen and oxygen atoms in total. The lowest BCUT2D eigenvalue weighted by Crippen LogP contribution is -2.48. The Morgan fingerprint density at radius 1 is 1.27 bits per heavy atom. The third kappa shape index (κ3) is 5.83. The molecule has 1 aliphatic carbocycles. The van der Waals surface area contributed by atoms with E-state index in [4.69, 9.17) is 4.74 Å². The Hall–Kier alpha value is -1.89. The number of imide groups is 1. The second kappa shape index (κ2) is 9.71. The highest BCUT2D eigenvalue weighted by Crippen LogP contribution is 2.24. The van der Waals surface area contributed by atoms with E-state index in [2.05, 4.69) is 17.6 Å². The quantitative estimate of drug-likeness (QED) is 0.737. The van der Waals surface area contributed by atoms with Gasteiger partial charge in [0.15, 0.2) is 6.10 Å². The Labute approximate surface area is 158 Å². The summed E-state index contributed by atoms with van der Waals surface area (Å²) in [5.41, 5.74) is 1.13. The van der Waals surface area contributed by atoms with Gasteiger partial charge in [0.2, 0.25) is 0 Å². The molecule has 0 bridgehead atoms. The summed E-state index contributed by atoms with van der Waals surface area (Å²) in [5, 5.41) is 5.06. The molecule has 26 heavy (non-hydrogen) atoms. The zero-order valence-corrected chi connectivity index (χ0v) is 16.5. The normalized spacial score (nSPS) is 16.0. The smallest absolute Gasteiger partial charge is 0.349 e. The maximum absolute atomic E-state index is 12.2. The van der Waals surface area contributed by atoms with E-state index in [0.29, 0.717) is 4.88 Å². The number of thiophene rings is 1. The molecular weight excluding hydrogens is 352 g/mol. The Bertz CT molecular complexity index is 650. The highest BCUT2D eigenvalue weighted by atomic mass is 32.1. The Balaban J connectivity index is 1.82. The highest BCUT2D eigenvalue weighted by molar-refractivity contribution is 7.14. The third-order valence-electron chi connectivity index (χ3n) is 4.57. The standard InChI is InChI=1S/C19H28N2O4S/c1-4-8-14-11-16(26-13(14)3)18(23)25-12(2)17(22)21-19(24)20-15-9-6-5-7-10-15/h11-12,15H,4-10H2,1-3H3,(H2,20,21,22,24)/t12-/m0/s1. The fourth-order valence-electron chi connectivity index (χ4n) is 3.09. The van der Waals surface area contributed by atoms with Crippen molar-refractivity contribution in [2.24, 2.45) is 0 Å². The van der Waals surface area contributed by atoms with Gasteiger partial charge >= 0.3 is 12.0 Å². The number of amides is 3. The first kappa shape index (κ1) is 20.4. The molecule has 7 heteroatoms. The minimum absolute atomic E-state index is 0.112. The molecule has 144 valence electrons. The molecule has 0 aromatic carbocycles. The average Bonchev–Trinajstić information content (AvgIpc) is 2.97. The van der Waals surface area contributed by atoms with Crippen molar-refractivity contribution in [1.29, 1.82) is 0 Å². The summed E-state index contributed by atoms with van der Waals surface area (Å²) in [6.45, 7) is 5.52. The van der Waals surface area contributed by atoms with Crippen molar-refractivity contribution in [2.75, 3.05) is 0 Å². The van der Waals surface area contributed by atoms with E-state index in [1.807, 2.05) is 13.0 Å². The van der Waals surface area contributed by atoms with Gasteiger partial charge in [-0.05, 0) is 44.7 Å². The molecule has 0 unspecified atom stereocenters. The molecule has 0 saturated heterocycles. The van der Waals surface area contributed by atoms with Gasteiger partial charge in [0.1, 0.15) is 4.88 Å². The number of urea groups is 1. The number of esters is 1. The summed E-state index contributed by atoms with van der Waals surface area (Å²) in [6.07, 6.45) is 6.12. The Morgan fingerprint density at radius 3 is 2.62 bits per heavy atom. The maximum atomic E-state index is 12.2. The van der Waals surface area contributed by atoms with Gasteiger partial charge < -0.3 is 10.1 Å². The van der Waals surface area contributed by atoms with Crippen LogP contribution in [0.3, 0.4) is 0 Å². The minimum Gasteiger partial charge on any atom is -0.448 e. The molecule has 1 aromatic heterocycles. The molecule has 1 heterocycles. The monoisotopic (exact) mass is 380 g/mol. The van der Waals surface area contributed by atoms with Crippen molar-refractivity contribution >= 4 is 29.2 Å². The zero-order valence-electron chi connectivity index (χ0n) is 15.7. The van der Waals surface area contributed by atoms with E-state index >= 15 is 0 Å². The number of nitrogens with one attached hydrogen (secondary N) is 2. The van der Waals surface area contributed by atoms with Gasteiger partial charge in [-0.3, -0.25) is 10.1 Å². The van der Waals surface area contributed by atoms with Gasteiger partial charge in [-0.15, -0.1) is 11.3 Å². The SMILES string of the molecule is CCCc1cc(C(=O)O[C@@H](C)C(=O)NC(=O)NC2CCCCC2)sc1C. The van der Waals surface area contributed by atoms with Crippen LogP contribution in [-0.4, -0.2) is 30.1 Å². The summed E-state index contributed by atoms with van der Waals surface area (Å²) in [4.78, 5) is 37.8. The second-order valence-electron chi connectivity index (χ2n) is 6.79. The largest absolute Gasteiger partial charge is 0.448 e. The first-order valence-corrected chi connectivity index (χ1v) is 10.1. The van der Waals surface area contributed by atoms with E-state index in [9.17, 15) is 14.4 Å². The van der Waals surface area contributed by atoms with Gasteiger partial charge in [-0.25, -0.2) is 9.59 Å². The third-order valence-corrected chi connectivity index (χ3v) is 5.64. The van der Waals surface area contributed by atoms with Crippen LogP contribution in [0, 0.1) is 6.92 Å². The predicted molar refractivity (Wildman–Crippen MR) is 101 cm³/mol. The number of aryl methyl sites for hydroxylation is 2. The molecule has 1 aliphatic rings. The van der Waals surface area contributed by atoms with Gasteiger partial charge in [0, 0.05) is 10.9 Å². The van der Waals surface area contributed by atoms with Gasteiger partial charge in [0.05, 0.1) is 0 Å². The van der Waals surface area contributed by atoms with Gasteiger partial charge in [-0.2, -0.15) is 0 Å². The molecular formula is C19H28N2O4S. The van der Waals surface area contributed by atoms with Gasteiger partial charge in [0.25, 0.3) is 5.91 Å². The van der Waals surface area contributed by atoms with Gasteiger partial charge in [-0.1, -0.05) is 32.6 Å². The van der Waals surface area contributed by atoms with E-state index in [1.54, 1.807) is 0 Å². The highest BCUT2D eigenvalue weighted by Gasteiger charge is 2.23. The summed E-state index contributed by atoms with van der Waals surface area (Å²) >= 11 is 1.37. The van der Waals surface area contributed by atoms with Crippen LogP contribution >= 0.6 is 11.3 Å². The zero-order chi connectivity index (χ0) is 19.1. The molecule has 2 rings (SSSR count). The lowest BCUT2D eigenvalue weighted by Gasteiger charge is -2.23. The van der Waals surface area contributed by atoms with Crippen molar-refractivity contribution in [3.63, 3.8) is 0 Å². The maximum Gasteiger partial charge on any atom is 0.349 e. The molecule has 1 aromatic rings. The Morgan fingerprint density at radius 2 is 1.96 bits per heavy atom. The predicted octanol–water partition coefficient (Wildman–Crippen LogP) is 3.71. The van der Waals surface area contributed by atoms with Crippen LogP contribution in [-0.2, 0) is 16.0 Å². The number of ether oxygens (including phenoxy) is 1. The summed E-state index contributed by atoms with van der Waals surface area (Å²) in [6, 6.07) is 1.41. The van der Waals surface area contributed by atoms with Crippen molar-refractivity contribution in [2.45, 2.75) is 77.9 Å². The van der Waals surface area contributed by atoms with Crippen LogP contribution in [0.15, 0.2) is 6.07 Å². The van der Waals surface area contributed by atoms with Crippen LogP contribution in [0.4, 0.5) is 4.79 Å². The first-order valence-electron chi connectivity index (χ1n) is 9.32. The lowest BCUT2D eigenvalue weighted by atomic mass is 9.96. The van der Waals surface area contributed by atoms with Crippen molar-refractivity contribution in [3.8, 4) is 0 Å². The first-order chi connectivity index (χ1) is 12.4. The number of carbonyl (C=O) groups excluding carboxylic acids is 3. The van der Waals surface area contributed by atoms with E-state index in [0.717, 1.165) is 49.0 Å². The summed E-state index contributed by atoms with van der Waals surface area (Å²) < 4.78 is 5.21. The molecule has 0 radical (unpaired) electrons. The number of carbonyl (C=O) groups is 3. The van der Waals surface area contributed by atoms with Crippen molar-refractivity contribution in [1.82, 2.24) is 10.6 Å². The lowest BCUT2D eigenvalue weighted by molar-refractivity contribution is -0.127. The van der Waals surface area contributed by atoms with Crippen LogP contribution < -0.4 is 10.6 Å².